The van der Waals surface area contributed by atoms with Crippen molar-refractivity contribution in [1.29, 1.82) is 0 Å². The predicted molar refractivity (Wildman–Crippen MR) is 93.6 cm³/mol. The minimum absolute atomic E-state index is 1.31. The normalized spacial score (nSPS) is 12.0. The van der Waals surface area contributed by atoms with Crippen LogP contribution in [-0.4, -0.2) is 18.4 Å². The van der Waals surface area contributed by atoms with Crippen molar-refractivity contribution in [2.45, 2.75) is 79.5 Å². The number of unbranched alkanes of at least 4 members (excludes halogenated alkanes) is 7. The first-order chi connectivity index (χ1) is 9.04. The van der Waals surface area contributed by atoms with Gasteiger partial charge in [0, 0.05) is 0 Å². The first-order valence-corrected chi connectivity index (χ1v) is 19.0. The number of thiophene rings is 1. The van der Waals surface area contributed by atoms with Crippen LogP contribution in [0.25, 0.3) is 0 Å². The third-order valence-electron chi connectivity index (χ3n) is 3.71. The zero-order chi connectivity index (χ0) is 14.1. The average molecular weight is 387 g/mol. The van der Waals surface area contributed by atoms with Gasteiger partial charge in [0.1, 0.15) is 0 Å². The maximum absolute atomic E-state index is 2.52. The summed E-state index contributed by atoms with van der Waals surface area (Å²) >= 11 is 0.249. The Morgan fingerprint density at radius 2 is 1.47 bits per heavy atom. The molecule has 0 saturated carbocycles. The average Bonchev–Trinajstić information content (AvgIpc) is 2.81. The van der Waals surface area contributed by atoms with Gasteiger partial charge in [-0.1, -0.05) is 6.92 Å². The Morgan fingerprint density at radius 3 is 2.00 bits per heavy atom. The predicted octanol–water partition coefficient (Wildman–Crippen LogP) is 5.98. The van der Waals surface area contributed by atoms with E-state index in [1.807, 2.05) is 11.3 Å². The minimum atomic E-state index is -1.78. The summed E-state index contributed by atoms with van der Waals surface area (Å²) in [5.74, 6) is 0. The standard InChI is InChI=1S/C14H23S.3CH3.Sn/c1-2-3-4-5-6-7-8-9-10-14-11-12-15-13-14;;;;/h11,13H,2-10H2,1H3;3*1H3;. The van der Waals surface area contributed by atoms with Gasteiger partial charge in [0.25, 0.3) is 0 Å². The van der Waals surface area contributed by atoms with Crippen molar-refractivity contribution >= 4 is 32.6 Å². The van der Waals surface area contributed by atoms with Crippen molar-refractivity contribution in [3.8, 4) is 0 Å². The van der Waals surface area contributed by atoms with Crippen LogP contribution in [0.2, 0.25) is 14.8 Å². The Morgan fingerprint density at radius 1 is 0.895 bits per heavy atom. The second-order valence-electron chi connectivity index (χ2n) is 6.79. The fourth-order valence-corrected chi connectivity index (χ4v) is 8.70. The summed E-state index contributed by atoms with van der Waals surface area (Å²) in [6.07, 6.45) is 12.7. The SMILES string of the molecule is CCCCCCCCCCc1cs[c]([Sn]([CH3])([CH3])[CH3])c1. The molecule has 0 fully saturated rings. The Balaban J connectivity index is 2.08. The fraction of sp³-hybridized carbons (Fsp3) is 0.765. The molecule has 0 saturated heterocycles. The third kappa shape index (κ3) is 7.74. The summed E-state index contributed by atoms with van der Waals surface area (Å²) in [4.78, 5) is 7.54. The van der Waals surface area contributed by atoms with Gasteiger partial charge in [-0.3, -0.25) is 0 Å². The second-order valence-corrected chi connectivity index (χ2v) is 23.1. The molecule has 110 valence electrons. The van der Waals surface area contributed by atoms with Gasteiger partial charge in [-0.25, -0.2) is 0 Å². The van der Waals surface area contributed by atoms with E-state index in [0.717, 1.165) is 0 Å². The summed E-state index contributed by atoms with van der Waals surface area (Å²) in [7, 11) is 0. The number of rotatable bonds is 10. The van der Waals surface area contributed by atoms with Crippen LogP contribution in [0.3, 0.4) is 0 Å². The van der Waals surface area contributed by atoms with Gasteiger partial charge in [0.2, 0.25) is 0 Å². The molecule has 19 heavy (non-hydrogen) atoms. The van der Waals surface area contributed by atoms with E-state index < -0.39 is 18.4 Å². The Labute approximate surface area is 128 Å². The Hall–Kier alpha value is 0.499. The van der Waals surface area contributed by atoms with Crippen LogP contribution in [-0.2, 0) is 6.42 Å². The molecule has 1 aromatic rings. The van der Waals surface area contributed by atoms with E-state index in [0.29, 0.717) is 0 Å². The van der Waals surface area contributed by atoms with Gasteiger partial charge in [0.05, 0.1) is 0 Å². The van der Waals surface area contributed by atoms with E-state index in [4.69, 9.17) is 0 Å². The Bertz CT molecular complexity index is 335. The summed E-state index contributed by atoms with van der Waals surface area (Å²) in [5.41, 5.74) is 1.61. The molecule has 0 N–H and O–H groups in total. The molecule has 0 spiro atoms. The van der Waals surface area contributed by atoms with Gasteiger partial charge < -0.3 is 0 Å². The molecule has 1 aromatic heterocycles. The van der Waals surface area contributed by atoms with Crippen LogP contribution < -0.4 is 2.89 Å². The molecule has 0 aliphatic heterocycles. The molecule has 0 bridgehead atoms. The molecule has 0 amide bonds. The summed E-state index contributed by atoms with van der Waals surface area (Å²) in [5, 5.41) is 2.42. The maximum atomic E-state index is 2.52. The summed E-state index contributed by atoms with van der Waals surface area (Å²) in [6, 6.07) is 2.52. The third-order valence-corrected chi connectivity index (χ3v) is 14.3. The monoisotopic (exact) mass is 388 g/mol. The molecule has 0 atom stereocenters. The van der Waals surface area contributed by atoms with E-state index in [-0.39, 0.29) is 0 Å². The van der Waals surface area contributed by atoms with Crippen molar-refractivity contribution in [2.75, 3.05) is 0 Å². The zero-order valence-corrected chi connectivity index (χ0v) is 17.1. The van der Waals surface area contributed by atoms with E-state index in [1.165, 1.54) is 57.8 Å². The molecule has 0 unspecified atom stereocenters. The molecule has 0 aliphatic rings. The van der Waals surface area contributed by atoms with Crippen LogP contribution in [0.4, 0.5) is 0 Å². The van der Waals surface area contributed by atoms with Gasteiger partial charge in [0.15, 0.2) is 0 Å². The zero-order valence-electron chi connectivity index (χ0n) is 13.4. The number of aryl methyl sites for hydroxylation is 1. The van der Waals surface area contributed by atoms with Gasteiger partial charge in [-0.05, 0) is 0 Å². The van der Waals surface area contributed by atoms with Crippen molar-refractivity contribution in [3.05, 3.63) is 17.0 Å². The van der Waals surface area contributed by atoms with Gasteiger partial charge >= 0.3 is 122 Å². The fourth-order valence-electron chi connectivity index (χ4n) is 2.36. The van der Waals surface area contributed by atoms with Crippen LogP contribution in [0.1, 0.15) is 63.9 Å². The van der Waals surface area contributed by atoms with Gasteiger partial charge in [-0.15, -0.1) is 0 Å². The van der Waals surface area contributed by atoms with Crippen molar-refractivity contribution in [1.82, 2.24) is 0 Å². The van der Waals surface area contributed by atoms with E-state index in [2.05, 4.69) is 33.2 Å². The van der Waals surface area contributed by atoms with E-state index >= 15 is 0 Å². The molecular formula is C17H32SSn. The first-order valence-electron chi connectivity index (χ1n) is 8.12. The van der Waals surface area contributed by atoms with Gasteiger partial charge in [-0.2, -0.15) is 0 Å². The van der Waals surface area contributed by atoms with Crippen LogP contribution in [0, 0.1) is 0 Å². The van der Waals surface area contributed by atoms with Crippen LogP contribution >= 0.6 is 11.3 Å². The molecule has 2 heteroatoms. The number of hydrogen-bond acceptors (Lipinski definition) is 1. The van der Waals surface area contributed by atoms with Crippen LogP contribution in [0.5, 0.6) is 0 Å². The summed E-state index contributed by atoms with van der Waals surface area (Å²) in [6.45, 7) is 2.29. The Kier molecular flexibility index (Phi) is 8.72. The quantitative estimate of drug-likeness (QED) is 0.343. The molecular weight excluding hydrogens is 355 g/mol. The van der Waals surface area contributed by atoms with Crippen molar-refractivity contribution in [2.24, 2.45) is 0 Å². The van der Waals surface area contributed by atoms with E-state index in [9.17, 15) is 0 Å². The molecule has 1 heterocycles. The number of hydrogen-bond donors (Lipinski definition) is 0. The molecule has 0 aliphatic carbocycles. The van der Waals surface area contributed by atoms with Crippen molar-refractivity contribution < 1.29 is 0 Å². The topological polar surface area (TPSA) is 0 Å². The second kappa shape index (κ2) is 9.44. The molecule has 0 radical (unpaired) electrons. The summed E-state index contributed by atoms with van der Waals surface area (Å²) < 4.78 is 1.74. The van der Waals surface area contributed by atoms with E-state index in [1.54, 1.807) is 8.46 Å². The molecule has 1 rings (SSSR count). The molecule has 0 nitrogen and oxygen atoms in total. The van der Waals surface area contributed by atoms with Crippen molar-refractivity contribution in [3.63, 3.8) is 0 Å². The molecule has 0 aromatic carbocycles. The van der Waals surface area contributed by atoms with Crippen LogP contribution in [0.15, 0.2) is 11.4 Å². The first kappa shape index (κ1) is 17.5.